The van der Waals surface area contributed by atoms with Gasteiger partial charge in [0.25, 0.3) is 0 Å². The molecule has 2 aromatic rings. The van der Waals surface area contributed by atoms with Gasteiger partial charge in [0, 0.05) is 12.1 Å². The first kappa shape index (κ1) is 21.7. The zero-order valence-electron chi connectivity index (χ0n) is 16.3. The quantitative estimate of drug-likeness (QED) is 0.413. The molecule has 0 spiro atoms. The second-order valence-corrected chi connectivity index (χ2v) is 7.01. The van der Waals surface area contributed by atoms with Gasteiger partial charge in [0.05, 0.1) is 24.9 Å². The molecule has 0 aliphatic carbocycles. The highest BCUT2D eigenvalue weighted by Crippen LogP contribution is 2.24. The lowest BCUT2D eigenvalue weighted by Gasteiger charge is -2.16. The Balaban J connectivity index is 2.14. The van der Waals surface area contributed by atoms with Crippen LogP contribution in [0.3, 0.4) is 0 Å². The Bertz CT molecular complexity index is 854. The van der Waals surface area contributed by atoms with Crippen molar-refractivity contribution in [3.8, 4) is 0 Å². The fourth-order valence-corrected chi connectivity index (χ4v) is 3.37. The standard InChI is InChI=1S/C19H24F2N4O2S/c1-5-22-19(23-10-13-9-14(20)7-8-15(13)21)25-12(4)17-24-11(3)16(28-17)18(26)27-6-2/h7-9,12H,5-6,10H2,1-4H3,(H2,22,23,25). The molecule has 0 fully saturated rings. The van der Waals surface area contributed by atoms with E-state index in [4.69, 9.17) is 4.74 Å². The third kappa shape index (κ3) is 5.72. The Labute approximate surface area is 167 Å². The van der Waals surface area contributed by atoms with E-state index < -0.39 is 17.6 Å². The predicted molar refractivity (Wildman–Crippen MR) is 106 cm³/mol. The maximum absolute atomic E-state index is 13.8. The summed E-state index contributed by atoms with van der Waals surface area (Å²) >= 11 is 1.25. The number of aromatic nitrogens is 1. The third-order valence-corrected chi connectivity index (χ3v) is 5.08. The van der Waals surface area contributed by atoms with Gasteiger partial charge in [-0.3, -0.25) is 0 Å². The van der Waals surface area contributed by atoms with Crippen molar-refractivity contribution < 1.29 is 18.3 Å². The normalized spacial score (nSPS) is 12.6. The molecule has 0 aliphatic heterocycles. The van der Waals surface area contributed by atoms with E-state index >= 15 is 0 Å². The van der Waals surface area contributed by atoms with E-state index in [9.17, 15) is 13.6 Å². The average Bonchev–Trinajstić information content (AvgIpc) is 3.04. The molecular weight excluding hydrogens is 386 g/mol. The van der Waals surface area contributed by atoms with Crippen LogP contribution >= 0.6 is 11.3 Å². The van der Waals surface area contributed by atoms with Crippen molar-refractivity contribution in [2.24, 2.45) is 4.99 Å². The Kier molecular flexibility index (Phi) is 7.86. The van der Waals surface area contributed by atoms with Crippen LogP contribution in [0.4, 0.5) is 8.78 Å². The highest BCUT2D eigenvalue weighted by atomic mass is 32.1. The number of guanidine groups is 1. The number of ether oxygens (including phenoxy) is 1. The van der Waals surface area contributed by atoms with Gasteiger partial charge in [0.15, 0.2) is 5.96 Å². The monoisotopic (exact) mass is 410 g/mol. The average molecular weight is 410 g/mol. The lowest BCUT2D eigenvalue weighted by atomic mass is 10.2. The number of esters is 1. The number of carbonyl (C=O) groups is 1. The minimum Gasteiger partial charge on any atom is -0.462 e. The number of hydrogen-bond acceptors (Lipinski definition) is 5. The molecular formula is C19H24F2N4O2S. The van der Waals surface area contributed by atoms with Crippen molar-refractivity contribution in [2.45, 2.75) is 40.3 Å². The van der Waals surface area contributed by atoms with Crippen molar-refractivity contribution in [3.05, 3.63) is 51.0 Å². The maximum atomic E-state index is 13.8. The van der Waals surface area contributed by atoms with Crippen LogP contribution in [0.5, 0.6) is 0 Å². The van der Waals surface area contributed by atoms with Crippen LogP contribution in [0.2, 0.25) is 0 Å². The van der Waals surface area contributed by atoms with E-state index in [1.807, 2.05) is 13.8 Å². The Morgan fingerprint density at radius 2 is 2.11 bits per heavy atom. The summed E-state index contributed by atoms with van der Waals surface area (Å²) in [7, 11) is 0. The number of thiazole rings is 1. The fraction of sp³-hybridized carbons (Fsp3) is 0.421. The smallest absolute Gasteiger partial charge is 0.350 e. The molecule has 1 aromatic carbocycles. The molecule has 0 amide bonds. The SMILES string of the molecule is CCNC(=NCc1cc(F)ccc1F)NC(C)c1nc(C)c(C(=O)OCC)s1. The van der Waals surface area contributed by atoms with Crippen molar-refractivity contribution in [3.63, 3.8) is 0 Å². The summed E-state index contributed by atoms with van der Waals surface area (Å²) in [5, 5.41) is 6.93. The molecule has 2 N–H and O–H groups in total. The minimum atomic E-state index is -0.511. The van der Waals surface area contributed by atoms with Crippen molar-refractivity contribution in [2.75, 3.05) is 13.2 Å². The molecule has 1 atom stereocenters. The Morgan fingerprint density at radius 3 is 2.79 bits per heavy atom. The molecule has 28 heavy (non-hydrogen) atoms. The summed E-state index contributed by atoms with van der Waals surface area (Å²) in [6, 6.07) is 3.03. The first-order valence-corrected chi connectivity index (χ1v) is 9.80. The van der Waals surface area contributed by atoms with Gasteiger partial charge < -0.3 is 15.4 Å². The molecule has 0 saturated carbocycles. The number of aliphatic imine (C=N–C) groups is 1. The summed E-state index contributed by atoms with van der Waals surface area (Å²) in [6.07, 6.45) is 0. The van der Waals surface area contributed by atoms with Gasteiger partial charge in [0.1, 0.15) is 21.5 Å². The molecule has 6 nitrogen and oxygen atoms in total. The van der Waals surface area contributed by atoms with E-state index in [1.54, 1.807) is 13.8 Å². The lowest BCUT2D eigenvalue weighted by molar-refractivity contribution is 0.0531. The second kappa shape index (κ2) is 10.1. The number of benzene rings is 1. The number of aryl methyl sites for hydroxylation is 1. The molecule has 1 unspecified atom stereocenters. The van der Waals surface area contributed by atoms with Crippen molar-refractivity contribution >= 4 is 23.3 Å². The van der Waals surface area contributed by atoms with Gasteiger partial charge in [-0.25, -0.2) is 23.6 Å². The molecule has 0 bridgehead atoms. The molecule has 0 saturated heterocycles. The molecule has 152 valence electrons. The van der Waals surface area contributed by atoms with E-state index in [2.05, 4.69) is 20.6 Å². The number of nitrogens with zero attached hydrogens (tertiary/aromatic N) is 2. The Hall–Kier alpha value is -2.55. The van der Waals surface area contributed by atoms with Crippen molar-refractivity contribution in [1.82, 2.24) is 15.6 Å². The zero-order chi connectivity index (χ0) is 20.7. The largest absolute Gasteiger partial charge is 0.462 e. The van der Waals surface area contributed by atoms with Crippen LogP contribution in [0.15, 0.2) is 23.2 Å². The van der Waals surface area contributed by atoms with Crippen LogP contribution < -0.4 is 10.6 Å². The minimum absolute atomic E-state index is 0.0172. The summed E-state index contributed by atoms with van der Waals surface area (Å²) in [6.45, 7) is 8.16. The highest BCUT2D eigenvalue weighted by molar-refractivity contribution is 7.13. The third-order valence-electron chi connectivity index (χ3n) is 3.76. The molecule has 2 rings (SSSR count). The summed E-state index contributed by atoms with van der Waals surface area (Å²) in [5.74, 6) is -0.978. The van der Waals surface area contributed by atoms with Gasteiger partial charge in [-0.2, -0.15) is 0 Å². The number of halogens is 2. The number of carbonyl (C=O) groups excluding carboxylic acids is 1. The molecule has 0 radical (unpaired) electrons. The van der Waals surface area contributed by atoms with Crippen LogP contribution in [0.1, 0.15) is 52.7 Å². The maximum Gasteiger partial charge on any atom is 0.350 e. The number of rotatable bonds is 7. The topological polar surface area (TPSA) is 75.6 Å². The molecule has 1 aromatic heterocycles. The van der Waals surface area contributed by atoms with Gasteiger partial charge in [-0.1, -0.05) is 0 Å². The van der Waals surface area contributed by atoms with E-state index in [-0.39, 0.29) is 18.2 Å². The lowest BCUT2D eigenvalue weighted by Crippen LogP contribution is -2.38. The van der Waals surface area contributed by atoms with Gasteiger partial charge in [-0.15, -0.1) is 11.3 Å². The summed E-state index contributed by atoms with van der Waals surface area (Å²) in [5.41, 5.74) is 0.774. The molecule has 0 aliphatic rings. The van der Waals surface area contributed by atoms with Crippen LogP contribution in [-0.4, -0.2) is 30.1 Å². The van der Waals surface area contributed by atoms with E-state index in [1.165, 1.54) is 11.3 Å². The molecule has 9 heteroatoms. The van der Waals surface area contributed by atoms with E-state index in [0.29, 0.717) is 34.7 Å². The summed E-state index contributed by atoms with van der Waals surface area (Å²) in [4.78, 5) is 21.2. The van der Waals surface area contributed by atoms with Gasteiger partial charge in [-0.05, 0) is 45.9 Å². The number of nitrogens with one attached hydrogen (secondary N) is 2. The van der Waals surface area contributed by atoms with Crippen LogP contribution in [0, 0.1) is 18.6 Å². The van der Waals surface area contributed by atoms with E-state index in [0.717, 1.165) is 18.2 Å². The van der Waals surface area contributed by atoms with Gasteiger partial charge in [0.2, 0.25) is 0 Å². The zero-order valence-corrected chi connectivity index (χ0v) is 17.1. The van der Waals surface area contributed by atoms with Crippen molar-refractivity contribution in [1.29, 1.82) is 0 Å². The first-order valence-electron chi connectivity index (χ1n) is 8.98. The predicted octanol–water partition coefficient (Wildman–Crippen LogP) is 3.72. The Morgan fingerprint density at radius 1 is 1.36 bits per heavy atom. The molecule has 1 heterocycles. The highest BCUT2D eigenvalue weighted by Gasteiger charge is 2.20. The van der Waals surface area contributed by atoms with Crippen LogP contribution in [-0.2, 0) is 11.3 Å². The fourth-order valence-electron chi connectivity index (χ4n) is 2.40. The summed E-state index contributed by atoms with van der Waals surface area (Å²) < 4.78 is 32.1. The number of hydrogen-bond donors (Lipinski definition) is 2. The van der Waals surface area contributed by atoms with Gasteiger partial charge >= 0.3 is 5.97 Å². The second-order valence-electron chi connectivity index (χ2n) is 5.98. The van der Waals surface area contributed by atoms with Crippen LogP contribution in [0.25, 0.3) is 0 Å². The first-order chi connectivity index (χ1) is 13.3.